The molecule has 7 aromatic carbocycles. The van der Waals surface area contributed by atoms with Gasteiger partial charge in [0.25, 0.3) is 0 Å². The number of rotatable bonds is 6. The van der Waals surface area contributed by atoms with E-state index in [1.54, 1.807) is 0 Å². The number of para-hydroxylation sites is 1. The number of thiophene rings is 1. The third-order valence-electron chi connectivity index (χ3n) is 10.6. The van der Waals surface area contributed by atoms with Crippen molar-refractivity contribution in [1.29, 1.82) is 0 Å². The summed E-state index contributed by atoms with van der Waals surface area (Å²) in [6.07, 6.45) is 1.82. The van der Waals surface area contributed by atoms with Crippen LogP contribution in [0.2, 0.25) is 0 Å². The molecule has 0 bridgehead atoms. The smallest absolute Gasteiger partial charge is 0.161 e. The molecule has 0 aliphatic rings. The van der Waals surface area contributed by atoms with E-state index in [9.17, 15) is 0 Å². The number of hydrogen-bond acceptors (Lipinski definition) is 5. The third-order valence-corrected chi connectivity index (χ3v) is 11.7. The second-order valence-electron chi connectivity index (χ2n) is 13.9. The van der Waals surface area contributed by atoms with Crippen LogP contribution >= 0.6 is 11.3 Å². The van der Waals surface area contributed by atoms with Gasteiger partial charge in [0.1, 0.15) is 11.2 Å². The summed E-state index contributed by atoms with van der Waals surface area (Å²) in [6, 6.07) is 63.5. The van der Waals surface area contributed by atoms with Gasteiger partial charge in [0.05, 0.1) is 17.1 Å². The summed E-state index contributed by atoms with van der Waals surface area (Å²) in [5.74, 6) is 0.655. The van der Waals surface area contributed by atoms with E-state index < -0.39 is 0 Å². The Kier molecular flexibility index (Phi) is 7.64. The Labute approximate surface area is 327 Å². The quantitative estimate of drug-likeness (QED) is 0.171. The van der Waals surface area contributed by atoms with Gasteiger partial charge in [-0.15, -0.1) is 11.3 Å². The van der Waals surface area contributed by atoms with Crippen molar-refractivity contribution in [2.24, 2.45) is 0 Å². The van der Waals surface area contributed by atoms with Crippen LogP contribution in [0.5, 0.6) is 0 Å². The summed E-state index contributed by atoms with van der Waals surface area (Å²) >= 11 is 1.84. The number of furan rings is 1. The zero-order valence-corrected chi connectivity index (χ0v) is 30.9. The van der Waals surface area contributed by atoms with Gasteiger partial charge in [0.2, 0.25) is 0 Å². The van der Waals surface area contributed by atoms with Gasteiger partial charge in [-0.2, -0.15) is 0 Å². The van der Waals surface area contributed by atoms with Gasteiger partial charge in [-0.3, -0.25) is 4.98 Å². The van der Waals surface area contributed by atoms with Gasteiger partial charge in [0, 0.05) is 65.0 Å². The molecule has 0 N–H and O–H groups in total. The number of aromatic nitrogens is 3. The van der Waals surface area contributed by atoms with E-state index in [1.165, 1.54) is 20.2 Å². The fraction of sp³-hybridized carbons (Fsp3) is 0. The van der Waals surface area contributed by atoms with Crippen molar-refractivity contribution in [1.82, 2.24) is 15.0 Å². The van der Waals surface area contributed by atoms with E-state index >= 15 is 0 Å². The van der Waals surface area contributed by atoms with E-state index in [2.05, 4.69) is 132 Å². The maximum atomic E-state index is 6.70. The van der Waals surface area contributed by atoms with Gasteiger partial charge in [0.15, 0.2) is 5.82 Å². The summed E-state index contributed by atoms with van der Waals surface area (Å²) in [4.78, 5) is 15.0. The molecule has 56 heavy (non-hydrogen) atoms. The number of pyridine rings is 1. The van der Waals surface area contributed by atoms with Crippen LogP contribution in [0.4, 0.5) is 0 Å². The number of benzene rings is 7. The molecule has 0 atom stereocenters. The van der Waals surface area contributed by atoms with Crippen molar-refractivity contribution in [3.05, 3.63) is 188 Å². The summed E-state index contributed by atoms with van der Waals surface area (Å²) in [6.45, 7) is 0. The average Bonchev–Trinajstić information content (AvgIpc) is 3.85. The van der Waals surface area contributed by atoms with E-state index in [0.29, 0.717) is 5.82 Å². The molecular formula is C51H31N3OS. The fourth-order valence-corrected chi connectivity index (χ4v) is 9.05. The summed E-state index contributed by atoms with van der Waals surface area (Å²) in [5, 5.41) is 4.81. The Morgan fingerprint density at radius 1 is 0.393 bits per heavy atom. The zero-order valence-electron chi connectivity index (χ0n) is 30.1. The van der Waals surface area contributed by atoms with Crippen molar-refractivity contribution in [2.75, 3.05) is 0 Å². The summed E-state index contributed by atoms with van der Waals surface area (Å²) in [5.41, 5.74) is 12.8. The number of fused-ring (bicyclic) bond motifs is 6. The van der Waals surface area contributed by atoms with Gasteiger partial charge in [-0.05, 0) is 59.2 Å². The van der Waals surface area contributed by atoms with Crippen LogP contribution in [0.15, 0.2) is 193 Å². The lowest BCUT2D eigenvalue weighted by Crippen LogP contribution is -1.98. The highest BCUT2D eigenvalue weighted by Crippen LogP contribution is 2.44. The molecule has 0 spiro atoms. The maximum absolute atomic E-state index is 6.70. The van der Waals surface area contributed by atoms with Gasteiger partial charge in [-0.1, -0.05) is 140 Å². The Morgan fingerprint density at radius 3 is 1.86 bits per heavy atom. The van der Waals surface area contributed by atoms with E-state index in [0.717, 1.165) is 83.5 Å². The second-order valence-corrected chi connectivity index (χ2v) is 15.0. The molecule has 0 radical (unpaired) electrons. The van der Waals surface area contributed by atoms with Crippen LogP contribution in [0.1, 0.15) is 0 Å². The Morgan fingerprint density at radius 2 is 1.04 bits per heavy atom. The minimum atomic E-state index is 0.655. The second kappa shape index (κ2) is 13.3. The molecular weight excluding hydrogens is 703 g/mol. The maximum Gasteiger partial charge on any atom is 0.161 e. The minimum Gasteiger partial charge on any atom is -0.455 e. The van der Waals surface area contributed by atoms with Crippen LogP contribution < -0.4 is 0 Å². The molecule has 11 aromatic rings. The first-order valence-corrected chi connectivity index (χ1v) is 19.5. The average molecular weight is 734 g/mol. The Bertz CT molecular complexity index is 3240. The molecule has 0 fully saturated rings. The molecule has 0 aliphatic carbocycles. The van der Waals surface area contributed by atoms with E-state index in [4.69, 9.17) is 14.4 Å². The molecule has 0 aliphatic heterocycles. The van der Waals surface area contributed by atoms with Gasteiger partial charge in [-0.25, -0.2) is 9.97 Å². The van der Waals surface area contributed by atoms with Crippen molar-refractivity contribution in [3.63, 3.8) is 0 Å². The molecule has 0 saturated carbocycles. The molecule has 11 rings (SSSR count). The molecule has 0 amide bonds. The first kappa shape index (κ1) is 32.2. The Hall–Kier alpha value is -7.21. The molecule has 0 saturated heterocycles. The van der Waals surface area contributed by atoms with Gasteiger partial charge >= 0.3 is 0 Å². The van der Waals surface area contributed by atoms with Crippen molar-refractivity contribution >= 4 is 53.4 Å². The summed E-state index contributed by atoms with van der Waals surface area (Å²) in [7, 11) is 0. The molecule has 262 valence electrons. The lowest BCUT2D eigenvalue weighted by molar-refractivity contribution is 0.670. The summed E-state index contributed by atoms with van der Waals surface area (Å²) < 4.78 is 9.27. The highest BCUT2D eigenvalue weighted by Gasteiger charge is 2.19. The standard InChI is InChI=1S/C51H31N3OS/c1-2-12-33(13-3-1)44-31-45(54-51(53-44)41-16-5-4-14-38(41)43-18-10-11-29-52-43)34-23-21-32(22-24-34)36-27-28-37(50-49(36)42-17-6-8-19-46(42)55-50)35-25-26-40-39-15-7-9-20-47(39)56-48(40)30-35/h1-31H. The van der Waals surface area contributed by atoms with Crippen molar-refractivity contribution < 1.29 is 4.42 Å². The molecule has 4 heterocycles. The molecule has 4 aromatic heterocycles. The predicted molar refractivity (Wildman–Crippen MR) is 233 cm³/mol. The Balaban J connectivity index is 1.03. The van der Waals surface area contributed by atoms with Crippen LogP contribution in [-0.2, 0) is 0 Å². The first-order chi connectivity index (χ1) is 27.7. The topological polar surface area (TPSA) is 51.8 Å². The normalized spacial score (nSPS) is 11.6. The van der Waals surface area contributed by atoms with E-state index in [-0.39, 0.29) is 0 Å². The lowest BCUT2D eigenvalue weighted by atomic mass is 9.93. The van der Waals surface area contributed by atoms with Crippen LogP contribution in [0, 0.1) is 0 Å². The minimum absolute atomic E-state index is 0.655. The van der Waals surface area contributed by atoms with Crippen molar-refractivity contribution in [3.8, 4) is 67.4 Å². The fourth-order valence-electron chi connectivity index (χ4n) is 7.91. The highest BCUT2D eigenvalue weighted by molar-refractivity contribution is 7.25. The number of hydrogen-bond donors (Lipinski definition) is 0. The highest BCUT2D eigenvalue weighted by atomic mass is 32.1. The molecule has 4 nitrogen and oxygen atoms in total. The predicted octanol–water partition coefficient (Wildman–Crippen LogP) is 14.1. The monoisotopic (exact) mass is 733 g/mol. The van der Waals surface area contributed by atoms with Crippen LogP contribution in [-0.4, -0.2) is 15.0 Å². The molecule has 5 heteroatoms. The van der Waals surface area contributed by atoms with Crippen molar-refractivity contribution in [2.45, 2.75) is 0 Å². The molecule has 0 unspecified atom stereocenters. The third kappa shape index (κ3) is 5.48. The zero-order chi connectivity index (χ0) is 37.0. The van der Waals surface area contributed by atoms with Gasteiger partial charge < -0.3 is 4.42 Å². The SMILES string of the molecule is c1ccc(-c2cc(-c3ccc(-c4ccc(-c5ccc6c(c5)sc5ccccc56)c5oc6ccccc6c45)cc3)nc(-c3ccccc3-c3ccccn3)n2)cc1. The van der Waals surface area contributed by atoms with Crippen LogP contribution in [0.3, 0.4) is 0 Å². The first-order valence-electron chi connectivity index (χ1n) is 18.7. The number of nitrogens with zero attached hydrogens (tertiary/aromatic N) is 3. The lowest BCUT2D eigenvalue weighted by Gasteiger charge is -2.13. The largest absolute Gasteiger partial charge is 0.455 e. The van der Waals surface area contributed by atoms with Crippen LogP contribution in [0.25, 0.3) is 110 Å². The van der Waals surface area contributed by atoms with E-state index in [1.807, 2.05) is 72.1 Å².